The maximum Gasteiger partial charge on any atom is 0.422 e. The Morgan fingerprint density at radius 3 is 2.50 bits per heavy atom. The molecule has 1 spiro atoms. The van der Waals surface area contributed by atoms with Crippen molar-refractivity contribution < 1.29 is 22.7 Å². The lowest BCUT2D eigenvalue weighted by atomic mass is 9.72. The lowest BCUT2D eigenvalue weighted by Crippen LogP contribution is -2.62. The number of benzene rings is 2. The van der Waals surface area contributed by atoms with Gasteiger partial charge in [-0.15, -0.1) is 0 Å². The molecule has 2 atom stereocenters. The highest BCUT2D eigenvalue weighted by atomic mass is 19.4. The minimum absolute atomic E-state index is 0.0351. The van der Waals surface area contributed by atoms with Gasteiger partial charge in [0.05, 0.1) is 11.7 Å². The lowest BCUT2D eigenvalue weighted by Gasteiger charge is -2.54. The number of piperidine rings is 1. The number of likely N-dealkylation sites (tertiary alicyclic amines) is 2. The van der Waals surface area contributed by atoms with Crippen molar-refractivity contribution in [1.29, 1.82) is 0 Å². The molecule has 10 nitrogen and oxygen atoms in total. The van der Waals surface area contributed by atoms with Crippen LogP contribution in [0, 0.1) is 12.3 Å². The quantitative estimate of drug-likeness (QED) is 0.178. The van der Waals surface area contributed by atoms with E-state index < -0.39 is 12.8 Å². The Labute approximate surface area is 313 Å². The van der Waals surface area contributed by atoms with Crippen molar-refractivity contribution in [3.05, 3.63) is 48.2 Å². The van der Waals surface area contributed by atoms with Gasteiger partial charge in [-0.2, -0.15) is 23.3 Å². The molecular weight excluding hydrogens is 693 g/mol. The van der Waals surface area contributed by atoms with Crippen molar-refractivity contribution in [3.8, 4) is 16.9 Å². The van der Waals surface area contributed by atoms with E-state index in [-0.39, 0.29) is 23.0 Å². The number of hydrogen-bond acceptors (Lipinski definition) is 8. The summed E-state index contributed by atoms with van der Waals surface area (Å²) in [7, 11) is 0. The molecule has 4 aliphatic heterocycles. The Morgan fingerprint density at radius 2 is 1.81 bits per heavy atom. The highest BCUT2D eigenvalue weighted by Crippen LogP contribution is 2.53. The summed E-state index contributed by atoms with van der Waals surface area (Å²) < 4.78 is 48.4. The Bertz CT molecular complexity index is 2110. The topological polar surface area (TPSA) is 93.7 Å². The van der Waals surface area contributed by atoms with Gasteiger partial charge in [-0.1, -0.05) is 19.6 Å². The highest BCUT2D eigenvalue weighted by molar-refractivity contribution is 6.06. The second-order valence-electron chi connectivity index (χ2n) is 16.6. The molecule has 6 heterocycles. The van der Waals surface area contributed by atoms with E-state index >= 15 is 0 Å². The molecule has 1 N–H and O–H groups in total. The summed E-state index contributed by atoms with van der Waals surface area (Å²) in [5.74, 6) is 1.59. The van der Waals surface area contributed by atoms with Gasteiger partial charge in [0.15, 0.2) is 12.4 Å². The lowest BCUT2D eigenvalue weighted by molar-refractivity contribution is -0.153. The summed E-state index contributed by atoms with van der Waals surface area (Å²) in [6, 6.07) is 7.53. The van der Waals surface area contributed by atoms with E-state index in [4.69, 9.17) is 14.7 Å². The normalized spacial score (nSPS) is 23.3. The van der Waals surface area contributed by atoms with Crippen LogP contribution in [0.5, 0.6) is 5.75 Å². The third-order valence-corrected chi connectivity index (χ3v) is 13.0. The summed E-state index contributed by atoms with van der Waals surface area (Å²) >= 11 is 0. The molecule has 13 heteroatoms. The fourth-order valence-electron chi connectivity index (χ4n) is 9.87. The molecular formula is C41H49F3N8O2. The van der Waals surface area contributed by atoms with E-state index in [2.05, 4.69) is 51.4 Å². The molecule has 1 saturated carbocycles. The molecule has 9 rings (SSSR count). The first-order chi connectivity index (χ1) is 26.0. The zero-order valence-corrected chi connectivity index (χ0v) is 31.4. The van der Waals surface area contributed by atoms with Crippen LogP contribution in [0.3, 0.4) is 0 Å². The molecule has 4 aromatic rings. The molecule has 2 aromatic carbocycles. The van der Waals surface area contributed by atoms with Crippen LogP contribution < -0.4 is 14.5 Å². The van der Waals surface area contributed by atoms with Crippen LogP contribution >= 0.6 is 0 Å². The van der Waals surface area contributed by atoms with Crippen molar-refractivity contribution in [2.45, 2.75) is 95.9 Å². The van der Waals surface area contributed by atoms with E-state index in [0.29, 0.717) is 48.2 Å². The van der Waals surface area contributed by atoms with Crippen LogP contribution in [0.1, 0.15) is 75.8 Å². The van der Waals surface area contributed by atoms with Gasteiger partial charge in [0.2, 0.25) is 11.9 Å². The van der Waals surface area contributed by atoms with E-state index in [1.807, 2.05) is 24.0 Å². The number of nitrogens with one attached hydrogen (secondary N) is 1. The van der Waals surface area contributed by atoms with Gasteiger partial charge in [0.25, 0.3) is 0 Å². The van der Waals surface area contributed by atoms with Crippen molar-refractivity contribution in [3.63, 3.8) is 0 Å². The third kappa shape index (κ3) is 6.06. The molecule has 2 unspecified atom stereocenters. The minimum Gasteiger partial charge on any atom is -0.481 e. The van der Waals surface area contributed by atoms with Crippen molar-refractivity contribution in [1.82, 2.24) is 30.0 Å². The molecule has 54 heavy (non-hydrogen) atoms. The smallest absolute Gasteiger partial charge is 0.422 e. The largest absolute Gasteiger partial charge is 0.481 e. The number of rotatable bonds is 9. The standard InChI is InChI=1S/C41H49F3N8O2/c1-5-27-11-8-25(4)52(27)28-19-50(20-28)39-46-36-30(38(47-39)49-15-13-40(14-16-49)21-51(22-40)33(53)6-2)17-29(26-9-10-26)35(37(36)54-23-41(42,43)44)34-24(3)7-12-32-31(34)18-45-48-32/h6-7,12,17-18,25-28H,2,5,8-11,13-16,19-23H2,1,3-4H3,(H,45,48). The van der Waals surface area contributed by atoms with Crippen LogP contribution in [0.2, 0.25) is 0 Å². The van der Waals surface area contributed by atoms with E-state index in [0.717, 1.165) is 97.1 Å². The first kappa shape index (κ1) is 35.3. The molecule has 286 valence electrons. The average molecular weight is 743 g/mol. The number of amides is 1. The van der Waals surface area contributed by atoms with Gasteiger partial charge in [-0.25, -0.2) is 4.98 Å². The van der Waals surface area contributed by atoms with Crippen LogP contribution in [0.4, 0.5) is 24.9 Å². The van der Waals surface area contributed by atoms with E-state index in [1.165, 1.54) is 18.9 Å². The van der Waals surface area contributed by atoms with Gasteiger partial charge < -0.3 is 19.4 Å². The predicted octanol–water partition coefficient (Wildman–Crippen LogP) is 7.37. The van der Waals surface area contributed by atoms with Crippen molar-refractivity contribution >= 4 is 39.5 Å². The van der Waals surface area contributed by atoms with Crippen molar-refractivity contribution in [2.75, 3.05) is 55.7 Å². The molecule has 1 aliphatic carbocycles. The minimum atomic E-state index is -4.55. The SMILES string of the molecule is C=CC(=O)N1CC2(CCN(c3nc(N4CC(N5C(C)CCC5CC)C4)nc4c(OCC(F)(F)F)c(-c5c(C)ccc6[nH]ncc56)c(C5CC5)cc34)CC2)C1. The molecule has 5 aliphatic rings. The summed E-state index contributed by atoms with van der Waals surface area (Å²) in [6.45, 7) is 13.2. The maximum atomic E-state index is 14.1. The fourth-order valence-corrected chi connectivity index (χ4v) is 9.87. The van der Waals surface area contributed by atoms with Gasteiger partial charge in [0, 0.05) is 79.1 Å². The number of alkyl halides is 3. The van der Waals surface area contributed by atoms with Crippen LogP contribution in [-0.4, -0.2) is 106 Å². The second-order valence-corrected chi connectivity index (χ2v) is 16.6. The monoisotopic (exact) mass is 742 g/mol. The zero-order chi connectivity index (χ0) is 37.5. The highest BCUT2D eigenvalue weighted by Gasteiger charge is 2.47. The first-order valence-corrected chi connectivity index (χ1v) is 19.7. The average Bonchev–Trinajstić information content (AvgIpc) is 3.75. The van der Waals surface area contributed by atoms with E-state index in [9.17, 15) is 18.0 Å². The fraction of sp³-hybridized carbons (Fsp3) is 0.561. The third-order valence-electron chi connectivity index (χ3n) is 13.0. The summed E-state index contributed by atoms with van der Waals surface area (Å²) in [6.07, 6.45) is 5.75. The number of aryl methyl sites for hydroxylation is 1. The molecule has 2 aromatic heterocycles. The van der Waals surface area contributed by atoms with Gasteiger partial charge >= 0.3 is 6.18 Å². The van der Waals surface area contributed by atoms with Crippen molar-refractivity contribution in [2.24, 2.45) is 5.41 Å². The number of fused-ring (bicyclic) bond motifs is 2. The predicted molar refractivity (Wildman–Crippen MR) is 204 cm³/mol. The Balaban J connectivity index is 1.18. The summed E-state index contributed by atoms with van der Waals surface area (Å²) in [5, 5.41) is 8.92. The number of halogens is 3. The number of carbonyl (C=O) groups excluding carboxylic acids is 1. The van der Waals surface area contributed by atoms with Crippen LogP contribution in [0.15, 0.2) is 37.1 Å². The van der Waals surface area contributed by atoms with Crippen LogP contribution in [0.25, 0.3) is 32.9 Å². The van der Waals surface area contributed by atoms with Gasteiger partial charge in [-0.05, 0) is 99.6 Å². The second kappa shape index (κ2) is 13.1. The Kier molecular flexibility index (Phi) is 8.59. The number of anilines is 2. The zero-order valence-electron chi connectivity index (χ0n) is 31.4. The van der Waals surface area contributed by atoms with E-state index in [1.54, 1.807) is 6.20 Å². The molecule has 0 bridgehead atoms. The number of aromatic nitrogens is 4. The van der Waals surface area contributed by atoms with Gasteiger partial charge in [0.1, 0.15) is 11.3 Å². The first-order valence-electron chi connectivity index (χ1n) is 19.7. The molecule has 1 amide bonds. The Hall–Kier alpha value is -4.39. The number of hydrogen-bond donors (Lipinski definition) is 1. The molecule has 4 saturated heterocycles. The summed E-state index contributed by atoms with van der Waals surface area (Å²) in [5.41, 5.74) is 4.67. The van der Waals surface area contributed by atoms with Gasteiger partial charge in [-0.3, -0.25) is 14.8 Å². The number of nitrogens with zero attached hydrogens (tertiary/aromatic N) is 7. The Morgan fingerprint density at radius 1 is 1.06 bits per heavy atom. The molecule has 5 fully saturated rings. The number of carbonyl (C=O) groups is 1. The maximum absolute atomic E-state index is 14.1. The molecule has 0 radical (unpaired) electrons. The number of ether oxygens (including phenoxy) is 1. The number of H-pyrrole nitrogens is 1. The van der Waals surface area contributed by atoms with Crippen LogP contribution in [-0.2, 0) is 4.79 Å². The number of aromatic amines is 1. The summed E-state index contributed by atoms with van der Waals surface area (Å²) in [4.78, 5) is 31.7.